The molecule has 1 saturated heterocycles. The Morgan fingerprint density at radius 3 is 2.62 bits per heavy atom. The van der Waals surface area contributed by atoms with E-state index in [-0.39, 0.29) is 19.5 Å². The van der Waals surface area contributed by atoms with Gasteiger partial charge in [-0.1, -0.05) is 51.0 Å². The van der Waals surface area contributed by atoms with Gasteiger partial charge in [0, 0.05) is 11.5 Å². The van der Waals surface area contributed by atoms with Crippen LogP contribution in [-0.2, 0) is 24.0 Å². The van der Waals surface area contributed by atoms with Crippen molar-refractivity contribution in [3.8, 4) is 0 Å². The van der Waals surface area contributed by atoms with Gasteiger partial charge in [0.1, 0.15) is 0 Å². The summed E-state index contributed by atoms with van der Waals surface area (Å²) in [5.41, 5.74) is 2.28. The number of hydrogen-bond acceptors (Lipinski definition) is 5. The van der Waals surface area contributed by atoms with Gasteiger partial charge in [-0.2, -0.15) is 0 Å². The zero-order valence-electron chi connectivity index (χ0n) is 12.5. The van der Waals surface area contributed by atoms with Crippen molar-refractivity contribution in [3.05, 3.63) is 35.4 Å². The first kappa shape index (κ1) is 14.9. The van der Waals surface area contributed by atoms with Crippen molar-refractivity contribution in [2.75, 3.05) is 13.6 Å². The Bertz CT molecular complexity index is 460. The van der Waals surface area contributed by atoms with E-state index in [2.05, 4.69) is 19.9 Å². The van der Waals surface area contributed by atoms with Gasteiger partial charge in [-0.15, -0.1) is 0 Å². The summed E-state index contributed by atoms with van der Waals surface area (Å²) in [6.45, 7) is 4.54. The average Bonchev–Trinajstić information content (AvgIpc) is 2.63. The van der Waals surface area contributed by atoms with Gasteiger partial charge in [0.2, 0.25) is 6.29 Å². The minimum Gasteiger partial charge on any atom is -0.326 e. The van der Waals surface area contributed by atoms with E-state index < -0.39 is 12.6 Å². The summed E-state index contributed by atoms with van der Waals surface area (Å²) >= 11 is 0. The van der Waals surface area contributed by atoms with Crippen molar-refractivity contribution in [1.29, 1.82) is 0 Å². The normalized spacial score (nSPS) is 29.4. The van der Waals surface area contributed by atoms with Crippen LogP contribution in [0.1, 0.15) is 50.0 Å². The summed E-state index contributed by atoms with van der Waals surface area (Å²) < 4.78 is 16.8. The van der Waals surface area contributed by atoms with E-state index in [4.69, 9.17) is 24.0 Å². The van der Waals surface area contributed by atoms with Crippen LogP contribution in [0.4, 0.5) is 0 Å². The number of fused-ring (bicyclic) bond motifs is 4. The van der Waals surface area contributed by atoms with Crippen molar-refractivity contribution < 1.29 is 24.0 Å². The molecule has 1 fully saturated rings. The quantitative estimate of drug-likeness (QED) is 0.799. The zero-order chi connectivity index (χ0) is 14.7. The molecule has 2 aliphatic rings. The maximum atomic E-state index is 5.98. The lowest BCUT2D eigenvalue weighted by Crippen LogP contribution is -2.37. The molecular formula is C16H22O5. The second kappa shape index (κ2) is 6.85. The lowest BCUT2D eigenvalue weighted by atomic mass is 9.79. The molecule has 21 heavy (non-hydrogen) atoms. The fourth-order valence-electron chi connectivity index (χ4n) is 3.21. The van der Waals surface area contributed by atoms with Gasteiger partial charge in [0.15, 0.2) is 19.9 Å². The van der Waals surface area contributed by atoms with Crippen LogP contribution in [0.15, 0.2) is 24.3 Å². The molecule has 3 atom stereocenters. The summed E-state index contributed by atoms with van der Waals surface area (Å²) in [5, 5.41) is 0. The molecule has 0 aliphatic carbocycles. The molecule has 0 radical (unpaired) electrons. The van der Waals surface area contributed by atoms with Crippen LogP contribution >= 0.6 is 0 Å². The van der Waals surface area contributed by atoms with Crippen LogP contribution in [0.25, 0.3) is 0 Å². The van der Waals surface area contributed by atoms with Gasteiger partial charge < -0.3 is 14.2 Å². The second-order valence-electron chi connectivity index (χ2n) is 5.39. The summed E-state index contributed by atoms with van der Waals surface area (Å²) in [6, 6.07) is 8.22. The van der Waals surface area contributed by atoms with Crippen molar-refractivity contribution in [1.82, 2.24) is 0 Å². The maximum Gasteiger partial charge on any atom is 0.201 e. The molecule has 0 N–H and O–H groups in total. The molecule has 0 saturated carbocycles. The van der Waals surface area contributed by atoms with Gasteiger partial charge in [-0.25, -0.2) is 9.78 Å². The van der Waals surface area contributed by atoms with Crippen LogP contribution in [0, 0.1) is 5.92 Å². The van der Waals surface area contributed by atoms with Crippen LogP contribution in [0.5, 0.6) is 0 Å². The van der Waals surface area contributed by atoms with E-state index in [1.54, 1.807) is 0 Å². The molecule has 2 aliphatic heterocycles. The molecule has 0 spiro atoms. The highest BCUT2D eigenvalue weighted by atomic mass is 17.2. The molecule has 1 aromatic rings. The molecule has 3 rings (SSSR count). The number of hydrogen-bond donors (Lipinski definition) is 0. The van der Waals surface area contributed by atoms with Crippen LogP contribution < -0.4 is 0 Å². The van der Waals surface area contributed by atoms with Crippen molar-refractivity contribution in [3.63, 3.8) is 0 Å². The van der Waals surface area contributed by atoms with Gasteiger partial charge >= 0.3 is 0 Å². The Morgan fingerprint density at radius 2 is 1.86 bits per heavy atom. The summed E-state index contributed by atoms with van der Waals surface area (Å²) in [7, 11) is 0. The minimum atomic E-state index is -0.475. The van der Waals surface area contributed by atoms with Crippen LogP contribution in [0.3, 0.4) is 0 Å². The van der Waals surface area contributed by atoms with Crippen molar-refractivity contribution >= 4 is 0 Å². The van der Waals surface area contributed by atoms with Crippen molar-refractivity contribution in [2.45, 2.75) is 45.2 Å². The third-order valence-electron chi connectivity index (χ3n) is 4.31. The highest BCUT2D eigenvalue weighted by Gasteiger charge is 2.41. The molecule has 2 bridgehead atoms. The van der Waals surface area contributed by atoms with E-state index in [9.17, 15) is 0 Å². The lowest BCUT2D eigenvalue weighted by Gasteiger charge is -2.39. The third kappa shape index (κ3) is 2.98. The standard InChI is InChI=1S/C16H22O5/c1-3-11(4-2)14-12-7-5-6-8-13(12)15-18-9-17-10-19-21-16(14)20-15/h5-8,11,14-16H,3-4,9-10H2,1-2H3/t14-,15+,16+/m0/s1. The highest BCUT2D eigenvalue weighted by molar-refractivity contribution is 5.34. The number of rotatable bonds is 3. The topological polar surface area (TPSA) is 46.2 Å². The highest BCUT2D eigenvalue weighted by Crippen LogP contribution is 2.44. The summed E-state index contributed by atoms with van der Waals surface area (Å²) in [6.07, 6.45) is 1.16. The molecule has 0 unspecified atom stereocenters. The van der Waals surface area contributed by atoms with Gasteiger partial charge in [0.25, 0.3) is 0 Å². The molecule has 2 heterocycles. The van der Waals surface area contributed by atoms with E-state index in [0.717, 1.165) is 18.4 Å². The zero-order valence-corrected chi connectivity index (χ0v) is 12.5. The number of benzene rings is 1. The van der Waals surface area contributed by atoms with Crippen molar-refractivity contribution in [2.24, 2.45) is 5.92 Å². The molecule has 0 amide bonds. The minimum absolute atomic E-state index is 0.0402. The smallest absolute Gasteiger partial charge is 0.201 e. The van der Waals surface area contributed by atoms with E-state index in [1.807, 2.05) is 18.2 Å². The van der Waals surface area contributed by atoms with E-state index in [0.29, 0.717) is 5.92 Å². The predicted molar refractivity (Wildman–Crippen MR) is 74.9 cm³/mol. The third-order valence-corrected chi connectivity index (χ3v) is 4.31. The molecule has 0 aromatic heterocycles. The van der Waals surface area contributed by atoms with Crippen LogP contribution in [0.2, 0.25) is 0 Å². The average molecular weight is 294 g/mol. The Kier molecular flexibility index (Phi) is 4.87. The Balaban J connectivity index is 2.00. The molecule has 1 aromatic carbocycles. The summed E-state index contributed by atoms with van der Waals surface area (Å²) in [4.78, 5) is 10.6. The monoisotopic (exact) mass is 294 g/mol. The molecule has 116 valence electrons. The predicted octanol–water partition coefficient (Wildman–Crippen LogP) is 3.47. The maximum absolute atomic E-state index is 5.98. The van der Waals surface area contributed by atoms with E-state index >= 15 is 0 Å². The first-order valence-electron chi connectivity index (χ1n) is 7.57. The van der Waals surface area contributed by atoms with Crippen LogP contribution in [-0.4, -0.2) is 19.9 Å². The number of ether oxygens (including phenoxy) is 3. The molecule has 5 nitrogen and oxygen atoms in total. The van der Waals surface area contributed by atoms with Gasteiger partial charge in [0.05, 0.1) is 0 Å². The molecular weight excluding hydrogens is 272 g/mol. The SMILES string of the molecule is CCC(CC)[C@H]1c2ccccc2[C@@H]2OCOCOO[C@H]1O2. The fraction of sp³-hybridized carbons (Fsp3) is 0.625. The Labute approximate surface area is 125 Å². The lowest BCUT2D eigenvalue weighted by molar-refractivity contribution is -0.416. The first-order valence-corrected chi connectivity index (χ1v) is 7.57. The first-order chi connectivity index (χ1) is 10.3. The van der Waals surface area contributed by atoms with Gasteiger partial charge in [-0.05, 0) is 11.5 Å². The van der Waals surface area contributed by atoms with Gasteiger partial charge in [-0.3, -0.25) is 0 Å². The second-order valence-corrected chi connectivity index (χ2v) is 5.39. The van der Waals surface area contributed by atoms with E-state index in [1.165, 1.54) is 5.56 Å². The molecule has 5 heteroatoms. The fourth-order valence-corrected chi connectivity index (χ4v) is 3.21. The Morgan fingerprint density at radius 1 is 1.10 bits per heavy atom. The summed E-state index contributed by atoms with van der Waals surface area (Å²) in [5.74, 6) is 0.594. The Hall–Kier alpha value is -0.980. The largest absolute Gasteiger partial charge is 0.326 e.